The summed E-state index contributed by atoms with van der Waals surface area (Å²) in [5.41, 5.74) is 6.44. The molecule has 0 aliphatic carbocycles. The van der Waals surface area contributed by atoms with Crippen molar-refractivity contribution in [3.8, 4) is 17.1 Å². The lowest BCUT2D eigenvalue weighted by Crippen LogP contribution is -2.16. The van der Waals surface area contributed by atoms with E-state index in [0.717, 1.165) is 26.9 Å². The van der Waals surface area contributed by atoms with E-state index in [1.54, 1.807) is 17.1 Å². The molecule has 6 nitrogen and oxygen atoms in total. The molecule has 0 radical (unpaired) electrons. The Morgan fingerprint density at radius 2 is 1.83 bits per heavy atom. The molecule has 0 unspecified atom stereocenters. The molecule has 2 aromatic carbocycles. The van der Waals surface area contributed by atoms with Crippen LogP contribution >= 0.6 is 28.1 Å². The fourth-order valence-electron chi connectivity index (χ4n) is 2.82. The van der Waals surface area contributed by atoms with E-state index in [1.165, 1.54) is 0 Å². The second kappa shape index (κ2) is 9.02. The van der Waals surface area contributed by atoms with Gasteiger partial charge in [-0.3, -0.25) is 4.98 Å². The summed E-state index contributed by atoms with van der Waals surface area (Å²) in [4.78, 5) is 4.04. The summed E-state index contributed by atoms with van der Waals surface area (Å²) >= 11 is 8.95. The van der Waals surface area contributed by atoms with E-state index in [4.69, 9.17) is 17.0 Å². The van der Waals surface area contributed by atoms with Gasteiger partial charge in [-0.1, -0.05) is 36.4 Å². The number of hydrogen-bond donors (Lipinski definition) is 2. The van der Waals surface area contributed by atoms with Gasteiger partial charge in [0, 0.05) is 18.0 Å². The van der Waals surface area contributed by atoms with E-state index < -0.39 is 0 Å². The van der Waals surface area contributed by atoms with Crippen molar-refractivity contribution in [3.63, 3.8) is 0 Å². The predicted molar refractivity (Wildman–Crippen MR) is 119 cm³/mol. The summed E-state index contributed by atoms with van der Waals surface area (Å²) < 4.78 is 9.08. The van der Waals surface area contributed by atoms with Gasteiger partial charge in [0.1, 0.15) is 12.4 Å². The van der Waals surface area contributed by atoms with Crippen LogP contribution in [0.2, 0.25) is 0 Å². The Kier molecular flexibility index (Phi) is 6.02. The molecule has 0 spiro atoms. The quantitative estimate of drug-likeness (QED) is 0.370. The van der Waals surface area contributed by atoms with Crippen molar-refractivity contribution in [3.05, 3.63) is 93.4 Å². The summed E-state index contributed by atoms with van der Waals surface area (Å²) in [5, 5.41) is 7.14. The summed E-state index contributed by atoms with van der Waals surface area (Å²) in [5.74, 6) is 1.51. The molecule has 146 valence electrons. The minimum absolute atomic E-state index is 0.499. The lowest BCUT2D eigenvalue weighted by molar-refractivity contribution is 0.304. The maximum absolute atomic E-state index is 5.91. The van der Waals surface area contributed by atoms with E-state index in [1.807, 2.05) is 60.7 Å². The number of benzene rings is 2. The average molecular weight is 468 g/mol. The van der Waals surface area contributed by atoms with Gasteiger partial charge in [-0.2, -0.15) is 5.10 Å². The third-order valence-corrected chi connectivity index (χ3v) is 5.18. The van der Waals surface area contributed by atoms with E-state index in [-0.39, 0.29) is 0 Å². The molecule has 0 aliphatic heterocycles. The summed E-state index contributed by atoms with van der Waals surface area (Å²) in [6, 6.07) is 19.9. The van der Waals surface area contributed by atoms with Crippen LogP contribution in [0.4, 0.5) is 0 Å². The highest BCUT2D eigenvalue weighted by atomic mass is 79.9. The van der Waals surface area contributed by atoms with Crippen molar-refractivity contribution in [2.45, 2.75) is 13.2 Å². The lowest BCUT2D eigenvalue weighted by atomic mass is 10.2. The Bertz CT molecular complexity index is 1140. The highest BCUT2D eigenvalue weighted by Gasteiger charge is 2.09. The van der Waals surface area contributed by atoms with Crippen LogP contribution in [0.3, 0.4) is 0 Å². The highest BCUT2D eigenvalue weighted by Crippen LogP contribution is 2.27. The van der Waals surface area contributed by atoms with Crippen LogP contribution in [-0.4, -0.2) is 19.9 Å². The first-order valence-corrected chi connectivity index (χ1v) is 10.2. The maximum Gasteiger partial charge on any atom is 0.214 e. The van der Waals surface area contributed by atoms with Crippen molar-refractivity contribution in [1.29, 1.82) is 0 Å². The van der Waals surface area contributed by atoms with Gasteiger partial charge < -0.3 is 10.2 Å². The Balaban J connectivity index is 1.44. The summed E-state index contributed by atoms with van der Waals surface area (Å²) in [7, 11) is 0. The number of halogens is 1. The third-order valence-electron chi connectivity index (χ3n) is 4.29. The minimum Gasteiger partial charge on any atom is -0.488 e. The number of aromatic nitrogens is 4. The van der Waals surface area contributed by atoms with Crippen LogP contribution in [0.1, 0.15) is 11.1 Å². The van der Waals surface area contributed by atoms with Crippen molar-refractivity contribution in [2.24, 2.45) is 0 Å². The molecule has 4 rings (SSSR count). The molecule has 2 heterocycles. The maximum atomic E-state index is 5.91. The molecule has 0 atom stereocenters. The van der Waals surface area contributed by atoms with Crippen LogP contribution < -0.4 is 10.2 Å². The fraction of sp³-hybridized carbons (Fsp3) is 0.0952. The first-order chi connectivity index (χ1) is 14.2. The normalized spacial score (nSPS) is 10.7. The van der Waals surface area contributed by atoms with Gasteiger partial charge in [-0.25, -0.2) is 9.77 Å². The molecular formula is C21H18BrN5OS. The van der Waals surface area contributed by atoms with E-state index in [0.29, 0.717) is 23.7 Å². The van der Waals surface area contributed by atoms with Crippen LogP contribution in [0, 0.1) is 4.77 Å². The fourth-order valence-corrected chi connectivity index (χ4v) is 3.55. The molecule has 0 aliphatic rings. The first kappa shape index (κ1) is 19.4. The molecule has 0 bridgehead atoms. The highest BCUT2D eigenvalue weighted by molar-refractivity contribution is 9.10. The lowest BCUT2D eigenvalue weighted by Gasteiger charge is -2.12. The van der Waals surface area contributed by atoms with Gasteiger partial charge in [-0.15, -0.1) is 0 Å². The van der Waals surface area contributed by atoms with Gasteiger partial charge in [0.05, 0.1) is 11.0 Å². The van der Waals surface area contributed by atoms with Gasteiger partial charge in [0.25, 0.3) is 0 Å². The standard InChI is InChI=1S/C21H18BrN5OS/c22-18-12-16(6-7-19(18)28-14-15-4-2-1-3-5-15)13-24-27-20(25-26-21(27)29)17-8-10-23-11-9-17/h1-12,24H,13-14H2,(H,26,29). The largest absolute Gasteiger partial charge is 0.488 e. The second-order valence-electron chi connectivity index (χ2n) is 6.30. The Hall–Kier alpha value is -2.97. The molecule has 0 amide bonds. The molecular weight excluding hydrogens is 450 g/mol. The number of aromatic amines is 1. The predicted octanol–water partition coefficient (Wildman–Crippen LogP) is 5.09. The van der Waals surface area contributed by atoms with Crippen LogP contribution in [0.5, 0.6) is 5.75 Å². The van der Waals surface area contributed by atoms with E-state index in [9.17, 15) is 0 Å². The molecule has 0 fully saturated rings. The van der Waals surface area contributed by atoms with Crippen LogP contribution in [-0.2, 0) is 13.2 Å². The van der Waals surface area contributed by atoms with Crippen molar-refractivity contribution < 1.29 is 4.74 Å². The molecule has 8 heteroatoms. The topological polar surface area (TPSA) is 67.8 Å². The third kappa shape index (κ3) is 4.72. The van der Waals surface area contributed by atoms with Crippen LogP contribution in [0.25, 0.3) is 11.4 Å². The van der Waals surface area contributed by atoms with Gasteiger partial charge in [0.2, 0.25) is 4.77 Å². The SMILES string of the molecule is S=c1[nH]nc(-c2ccncc2)n1NCc1ccc(OCc2ccccc2)c(Br)c1. The molecule has 0 saturated carbocycles. The molecule has 0 saturated heterocycles. The Morgan fingerprint density at radius 1 is 1.03 bits per heavy atom. The number of hydrogen-bond acceptors (Lipinski definition) is 5. The first-order valence-electron chi connectivity index (χ1n) is 8.97. The number of rotatable bonds is 7. The number of H-pyrrole nitrogens is 1. The van der Waals surface area contributed by atoms with Crippen molar-refractivity contribution in [1.82, 2.24) is 19.9 Å². The zero-order valence-electron chi connectivity index (χ0n) is 15.4. The number of nitrogens with zero attached hydrogens (tertiary/aromatic N) is 3. The average Bonchev–Trinajstić information content (AvgIpc) is 3.13. The number of pyridine rings is 1. The van der Waals surface area contributed by atoms with Gasteiger partial charge in [-0.05, 0) is 63.5 Å². The van der Waals surface area contributed by atoms with Crippen molar-refractivity contribution in [2.75, 3.05) is 5.43 Å². The minimum atomic E-state index is 0.499. The van der Waals surface area contributed by atoms with Crippen LogP contribution in [0.15, 0.2) is 77.5 Å². The molecule has 2 N–H and O–H groups in total. The van der Waals surface area contributed by atoms with E-state index in [2.05, 4.69) is 36.5 Å². The zero-order valence-corrected chi connectivity index (χ0v) is 17.8. The number of ether oxygens (including phenoxy) is 1. The Morgan fingerprint density at radius 3 is 2.59 bits per heavy atom. The smallest absolute Gasteiger partial charge is 0.214 e. The molecule has 4 aromatic rings. The zero-order chi connectivity index (χ0) is 20.1. The monoisotopic (exact) mass is 467 g/mol. The molecule has 2 aromatic heterocycles. The summed E-state index contributed by atoms with van der Waals surface area (Å²) in [6.07, 6.45) is 3.45. The second-order valence-corrected chi connectivity index (χ2v) is 7.54. The van der Waals surface area contributed by atoms with Crippen molar-refractivity contribution >= 4 is 28.1 Å². The van der Waals surface area contributed by atoms with Gasteiger partial charge >= 0.3 is 0 Å². The molecule has 29 heavy (non-hydrogen) atoms. The van der Waals surface area contributed by atoms with E-state index >= 15 is 0 Å². The summed E-state index contributed by atoms with van der Waals surface area (Å²) in [6.45, 7) is 1.10. The number of nitrogens with one attached hydrogen (secondary N) is 2. The Labute approximate surface area is 181 Å². The van der Waals surface area contributed by atoms with Gasteiger partial charge in [0.15, 0.2) is 5.82 Å².